The number of ether oxygens (including phenoxy) is 1. The van der Waals surface area contributed by atoms with Crippen LogP contribution in [0.3, 0.4) is 0 Å². The maximum atomic E-state index is 10.6. The fraction of sp³-hybridized carbons (Fsp3) is 0.182. The van der Waals surface area contributed by atoms with E-state index in [0.717, 1.165) is 6.08 Å². The zero-order chi connectivity index (χ0) is 12.0. The van der Waals surface area contributed by atoms with Crippen LogP contribution in [-0.4, -0.2) is 25.3 Å². The molecular weight excluding hydrogens is 210 g/mol. The molecule has 0 saturated heterocycles. The van der Waals surface area contributed by atoms with Crippen molar-refractivity contribution in [1.29, 1.82) is 0 Å². The van der Waals surface area contributed by atoms with E-state index in [9.17, 15) is 4.79 Å². The van der Waals surface area contributed by atoms with E-state index in [1.165, 1.54) is 7.11 Å². The second kappa shape index (κ2) is 5.77. The van der Waals surface area contributed by atoms with Gasteiger partial charge in [0.25, 0.3) is 0 Å². The van der Waals surface area contributed by atoms with Crippen LogP contribution in [0.25, 0.3) is 5.70 Å². The number of hydrogen-bond acceptors (Lipinski definition) is 4. The molecule has 5 heteroatoms. The summed E-state index contributed by atoms with van der Waals surface area (Å²) in [4.78, 5) is 15.3. The lowest BCUT2D eigenvalue weighted by atomic mass is 10.1. The highest BCUT2D eigenvalue weighted by molar-refractivity contribution is 5.89. The van der Waals surface area contributed by atoms with Gasteiger partial charge >= 0.3 is 5.97 Å². The Kier molecular flexibility index (Phi) is 4.35. The fourth-order valence-electron chi connectivity index (χ4n) is 1.18. The topological polar surface area (TPSA) is 67.8 Å². The van der Waals surface area contributed by atoms with Crippen LogP contribution in [0.1, 0.15) is 5.56 Å². The fourth-order valence-corrected chi connectivity index (χ4v) is 1.18. The monoisotopic (exact) mass is 223 g/mol. The molecule has 0 fully saturated rings. The third-order valence-electron chi connectivity index (χ3n) is 1.88. The van der Waals surface area contributed by atoms with E-state index in [0.29, 0.717) is 17.0 Å². The van der Waals surface area contributed by atoms with Gasteiger partial charge in [0.05, 0.1) is 19.9 Å². The molecule has 0 aliphatic heterocycles. The van der Waals surface area contributed by atoms with E-state index in [1.807, 2.05) is 0 Å². The summed E-state index contributed by atoms with van der Waals surface area (Å²) >= 11 is 0. The molecule has 5 nitrogen and oxygen atoms in total. The number of aliphatic carboxylic acids is 1. The number of carbonyl (C=O) groups is 1. The Morgan fingerprint density at radius 2 is 1.94 bits per heavy atom. The van der Waals surface area contributed by atoms with Gasteiger partial charge in [0.2, 0.25) is 0 Å². The molecule has 0 spiro atoms. The maximum Gasteiger partial charge on any atom is 0.330 e. The van der Waals surface area contributed by atoms with Crippen LogP contribution in [-0.2, 0) is 9.63 Å². The zero-order valence-corrected chi connectivity index (χ0v) is 9.06. The molecule has 0 aliphatic rings. The Balaban J connectivity index is 2.97. The summed E-state index contributed by atoms with van der Waals surface area (Å²) in [5.74, 6) is -0.341. The lowest BCUT2D eigenvalue weighted by Gasteiger charge is -2.08. The van der Waals surface area contributed by atoms with E-state index in [4.69, 9.17) is 14.7 Å². The van der Waals surface area contributed by atoms with Crippen molar-refractivity contribution < 1.29 is 19.5 Å². The molecule has 0 bridgehead atoms. The van der Waals surface area contributed by atoms with Gasteiger partial charge < -0.3 is 9.84 Å². The van der Waals surface area contributed by atoms with Gasteiger partial charge in [-0.2, -0.15) is 0 Å². The van der Waals surface area contributed by atoms with Gasteiger partial charge in [-0.1, -0.05) is 0 Å². The molecule has 16 heavy (non-hydrogen) atoms. The smallest absolute Gasteiger partial charge is 0.330 e. The molecule has 86 valence electrons. The van der Waals surface area contributed by atoms with Gasteiger partial charge in [-0.3, -0.25) is 10.3 Å². The maximum absolute atomic E-state index is 10.6. The van der Waals surface area contributed by atoms with Crippen LogP contribution in [0.15, 0.2) is 30.3 Å². The van der Waals surface area contributed by atoms with Crippen LogP contribution in [0.2, 0.25) is 0 Å². The normalized spacial score (nSPS) is 11.0. The van der Waals surface area contributed by atoms with Crippen molar-refractivity contribution in [1.82, 2.24) is 5.48 Å². The second-order valence-corrected chi connectivity index (χ2v) is 2.93. The molecule has 1 rings (SSSR count). The Morgan fingerprint density at radius 3 is 2.38 bits per heavy atom. The summed E-state index contributed by atoms with van der Waals surface area (Å²) in [6, 6.07) is 6.95. The minimum absolute atomic E-state index is 0.373. The first-order valence-electron chi connectivity index (χ1n) is 4.55. The van der Waals surface area contributed by atoms with Crippen molar-refractivity contribution in [2.45, 2.75) is 0 Å². The summed E-state index contributed by atoms with van der Waals surface area (Å²) in [6.07, 6.45) is 1.03. The number of hydroxylamine groups is 1. The van der Waals surface area contributed by atoms with E-state index >= 15 is 0 Å². The molecule has 2 N–H and O–H groups in total. The SMILES string of the molecule is CONC(=CC(=O)O)c1ccc(OC)cc1. The Bertz CT molecular complexity index is 383. The molecule has 0 unspecified atom stereocenters. The predicted octanol–water partition coefficient (Wildman–Crippen LogP) is 1.27. The third-order valence-corrected chi connectivity index (χ3v) is 1.88. The highest BCUT2D eigenvalue weighted by atomic mass is 16.6. The molecule has 0 atom stereocenters. The lowest BCUT2D eigenvalue weighted by molar-refractivity contribution is -0.131. The molecule has 1 aromatic rings. The molecule has 0 saturated carbocycles. The van der Waals surface area contributed by atoms with Gasteiger partial charge in [-0.05, 0) is 24.3 Å². The number of nitrogens with one attached hydrogen (secondary N) is 1. The first kappa shape index (κ1) is 12.1. The van der Waals surface area contributed by atoms with Gasteiger partial charge in [-0.25, -0.2) is 4.79 Å². The summed E-state index contributed by atoms with van der Waals surface area (Å²) < 4.78 is 5.00. The van der Waals surface area contributed by atoms with Crippen molar-refractivity contribution in [3.05, 3.63) is 35.9 Å². The number of carboxylic acid groups (broad SMARTS) is 1. The molecule has 0 aromatic heterocycles. The Hall–Kier alpha value is -2.01. The quantitative estimate of drug-likeness (QED) is 0.581. The number of rotatable bonds is 5. The largest absolute Gasteiger partial charge is 0.497 e. The van der Waals surface area contributed by atoms with Crippen LogP contribution < -0.4 is 10.2 Å². The summed E-state index contributed by atoms with van der Waals surface area (Å²) in [7, 11) is 2.98. The van der Waals surface area contributed by atoms with Gasteiger partial charge in [0, 0.05) is 11.6 Å². The van der Waals surface area contributed by atoms with Crippen molar-refractivity contribution in [2.24, 2.45) is 0 Å². The molecule has 0 radical (unpaired) electrons. The lowest BCUT2D eigenvalue weighted by Crippen LogP contribution is -2.11. The predicted molar refractivity (Wildman–Crippen MR) is 58.8 cm³/mol. The summed E-state index contributed by atoms with van der Waals surface area (Å²) in [5, 5.41) is 8.68. The molecular formula is C11H13NO4. The van der Waals surface area contributed by atoms with Crippen LogP contribution >= 0.6 is 0 Å². The molecule has 0 aliphatic carbocycles. The minimum atomic E-state index is -1.05. The first-order valence-corrected chi connectivity index (χ1v) is 4.55. The minimum Gasteiger partial charge on any atom is -0.497 e. The zero-order valence-electron chi connectivity index (χ0n) is 9.06. The molecule has 1 aromatic carbocycles. The highest BCUT2D eigenvalue weighted by Gasteiger charge is 2.03. The van der Waals surface area contributed by atoms with E-state index in [2.05, 4.69) is 5.48 Å². The van der Waals surface area contributed by atoms with Crippen molar-refractivity contribution in [2.75, 3.05) is 14.2 Å². The van der Waals surface area contributed by atoms with E-state index in [-0.39, 0.29) is 0 Å². The Labute approximate surface area is 93.3 Å². The average molecular weight is 223 g/mol. The van der Waals surface area contributed by atoms with Crippen LogP contribution in [0, 0.1) is 0 Å². The van der Waals surface area contributed by atoms with E-state index < -0.39 is 5.97 Å². The number of benzene rings is 1. The number of methoxy groups -OCH3 is 1. The average Bonchev–Trinajstić information content (AvgIpc) is 2.28. The first-order chi connectivity index (χ1) is 7.67. The summed E-state index contributed by atoms with van der Waals surface area (Å²) in [5.41, 5.74) is 3.58. The molecule has 0 heterocycles. The van der Waals surface area contributed by atoms with Crippen LogP contribution in [0.5, 0.6) is 5.75 Å². The van der Waals surface area contributed by atoms with Crippen molar-refractivity contribution >= 4 is 11.7 Å². The van der Waals surface area contributed by atoms with Crippen molar-refractivity contribution in [3.63, 3.8) is 0 Å². The standard InChI is InChI=1S/C11H13NO4/c1-15-9-5-3-8(4-6-9)10(12-16-2)7-11(13)14/h3-7,12H,1-2H3,(H,13,14). The van der Waals surface area contributed by atoms with Gasteiger partial charge in [0.1, 0.15) is 5.75 Å². The van der Waals surface area contributed by atoms with Crippen molar-refractivity contribution in [3.8, 4) is 5.75 Å². The molecule has 0 amide bonds. The van der Waals surface area contributed by atoms with Gasteiger partial charge in [-0.15, -0.1) is 0 Å². The summed E-state index contributed by atoms with van der Waals surface area (Å²) in [6.45, 7) is 0. The Morgan fingerprint density at radius 1 is 1.31 bits per heavy atom. The van der Waals surface area contributed by atoms with E-state index in [1.54, 1.807) is 31.4 Å². The van der Waals surface area contributed by atoms with Gasteiger partial charge in [0.15, 0.2) is 0 Å². The second-order valence-electron chi connectivity index (χ2n) is 2.93. The number of carboxylic acids is 1. The third kappa shape index (κ3) is 3.29. The number of hydrogen-bond donors (Lipinski definition) is 2. The van der Waals surface area contributed by atoms with Crippen LogP contribution in [0.4, 0.5) is 0 Å². The highest BCUT2D eigenvalue weighted by Crippen LogP contribution is 2.16.